The smallest absolute Gasteiger partial charge is 0.259 e. The summed E-state index contributed by atoms with van der Waals surface area (Å²) in [5, 5.41) is 13.8. The Bertz CT molecular complexity index is 864. The summed E-state index contributed by atoms with van der Waals surface area (Å²) in [5.41, 5.74) is 1.65. The molecule has 0 amide bonds. The van der Waals surface area contributed by atoms with Crippen LogP contribution in [0.25, 0.3) is 11.5 Å². The molecule has 1 atom stereocenters. The molecule has 134 valence electrons. The lowest BCUT2D eigenvalue weighted by molar-refractivity contribution is 0.154. The third-order valence-electron chi connectivity index (χ3n) is 4.46. The predicted molar refractivity (Wildman–Crippen MR) is 94.2 cm³/mol. The molecule has 1 N–H and O–H groups in total. The number of anilines is 1. The third kappa shape index (κ3) is 3.72. The summed E-state index contributed by atoms with van der Waals surface area (Å²) in [7, 11) is 0. The van der Waals surface area contributed by atoms with E-state index in [1.54, 1.807) is 18.3 Å². The molecule has 1 aromatic carbocycles. The van der Waals surface area contributed by atoms with Crippen LogP contribution >= 0.6 is 0 Å². The van der Waals surface area contributed by atoms with Crippen molar-refractivity contribution in [3.05, 3.63) is 59.8 Å². The number of halogens is 1. The van der Waals surface area contributed by atoms with Crippen molar-refractivity contribution >= 4 is 5.82 Å². The van der Waals surface area contributed by atoms with Crippen molar-refractivity contribution in [1.82, 2.24) is 15.1 Å². The average molecular weight is 354 g/mol. The molecule has 0 radical (unpaired) electrons. The molecule has 3 aromatic rings. The summed E-state index contributed by atoms with van der Waals surface area (Å²) in [6.45, 7) is 1.50. The van der Waals surface area contributed by atoms with Gasteiger partial charge in [-0.2, -0.15) is 4.98 Å². The van der Waals surface area contributed by atoms with Crippen LogP contribution in [0.3, 0.4) is 0 Å². The molecular weight excluding hydrogens is 335 g/mol. The number of nitrogens with zero attached hydrogens (tertiary/aromatic N) is 4. The van der Waals surface area contributed by atoms with E-state index in [-0.39, 0.29) is 11.9 Å². The molecule has 1 saturated heterocycles. The zero-order chi connectivity index (χ0) is 17.9. The SMILES string of the molecule is O[C@H]1CCCN(c2ccc(-c3nc(Cc4ccc(F)cc4)no3)cn2)C1. The van der Waals surface area contributed by atoms with Gasteiger partial charge in [0, 0.05) is 25.7 Å². The molecule has 26 heavy (non-hydrogen) atoms. The standard InChI is InChI=1S/C19H19FN4O2/c20-15-6-3-13(4-7-15)10-17-22-19(26-23-17)14-5-8-18(21-11-14)24-9-1-2-16(25)12-24/h3-8,11,16,25H,1-2,9-10,12H2/t16-/m0/s1. The molecule has 1 fully saturated rings. The summed E-state index contributed by atoms with van der Waals surface area (Å²) in [6, 6.07) is 10.0. The Morgan fingerprint density at radius 1 is 1.19 bits per heavy atom. The summed E-state index contributed by atoms with van der Waals surface area (Å²) in [5.74, 6) is 1.50. The van der Waals surface area contributed by atoms with Crippen LogP contribution in [0.15, 0.2) is 47.1 Å². The van der Waals surface area contributed by atoms with Crippen LogP contribution in [-0.2, 0) is 6.42 Å². The molecule has 0 aliphatic carbocycles. The normalized spacial score (nSPS) is 17.5. The Kier molecular flexibility index (Phi) is 4.62. The van der Waals surface area contributed by atoms with Crippen molar-refractivity contribution in [3.63, 3.8) is 0 Å². The van der Waals surface area contributed by atoms with Crippen molar-refractivity contribution < 1.29 is 14.0 Å². The minimum Gasteiger partial charge on any atom is -0.391 e. The molecule has 0 bridgehead atoms. The minimum absolute atomic E-state index is 0.269. The van der Waals surface area contributed by atoms with E-state index in [4.69, 9.17) is 4.52 Å². The maximum absolute atomic E-state index is 13.0. The van der Waals surface area contributed by atoms with Gasteiger partial charge >= 0.3 is 0 Å². The van der Waals surface area contributed by atoms with Crippen molar-refractivity contribution in [1.29, 1.82) is 0 Å². The highest BCUT2D eigenvalue weighted by atomic mass is 19.1. The second-order valence-corrected chi connectivity index (χ2v) is 6.47. The fourth-order valence-corrected chi connectivity index (χ4v) is 3.09. The number of hydrogen-bond acceptors (Lipinski definition) is 6. The van der Waals surface area contributed by atoms with E-state index in [0.29, 0.717) is 24.7 Å². The number of β-amino-alcohol motifs (C(OH)–C–C–N with tert-alkyl or cyclic N) is 1. The lowest BCUT2D eigenvalue weighted by Crippen LogP contribution is -2.38. The monoisotopic (exact) mass is 354 g/mol. The van der Waals surface area contributed by atoms with Crippen LogP contribution in [0.2, 0.25) is 0 Å². The van der Waals surface area contributed by atoms with Gasteiger partial charge in [0.1, 0.15) is 11.6 Å². The Hall–Kier alpha value is -2.80. The molecule has 0 spiro atoms. The van der Waals surface area contributed by atoms with Crippen LogP contribution in [0.4, 0.5) is 10.2 Å². The van der Waals surface area contributed by atoms with Gasteiger partial charge in [0.2, 0.25) is 0 Å². The zero-order valence-corrected chi connectivity index (χ0v) is 14.2. The van der Waals surface area contributed by atoms with Crippen LogP contribution in [0.1, 0.15) is 24.2 Å². The van der Waals surface area contributed by atoms with Gasteiger partial charge in [0.25, 0.3) is 5.89 Å². The van der Waals surface area contributed by atoms with E-state index in [1.807, 2.05) is 12.1 Å². The molecule has 1 aliphatic rings. The molecule has 7 heteroatoms. The summed E-state index contributed by atoms with van der Waals surface area (Å²) in [4.78, 5) is 10.9. The van der Waals surface area contributed by atoms with Gasteiger partial charge in [-0.05, 0) is 42.7 Å². The van der Waals surface area contributed by atoms with Crippen molar-refractivity contribution in [3.8, 4) is 11.5 Å². The van der Waals surface area contributed by atoms with Gasteiger partial charge in [-0.15, -0.1) is 0 Å². The molecule has 3 heterocycles. The lowest BCUT2D eigenvalue weighted by atomic mass is 10.1. The summed E-state index contributed by atoms with van der Waals surface area (Å²) < 4.78 is 18.3. The zero-order valence-electron chi connectivity index (χ0n) is 14.2. The van der Waals surface area contributed by atoms with Gasteiger partial charge in [0.15, 0.2) is 5.82 Å². The molecule has 1 aliphatic heterocycles. The van der Waals surface area contributed by atoms with Gasteiger partial charge < -0.3 is 14.5 Å². The summed E-state index contributed by atoms with van der Waals surface area (Å²) >= 11 is 0. The first-order chi connectivity index (χ1) is 12.7. The first kappa shape index (κ1) is 16.7. The van der Waals surface area contributed by atoms with E-state index >= 15 is 0 Å². The molecule has 6 nitrogen and oxygen atoms in total. The van der Waals surface area contributed by atoms with E-state index in [0.717, 1.165) is 36.3 Å². The molecular formula is C19H19FN4O2. The maximum Gasteiger partial charge on any atom is 0.259 e. The number of piperidine rings is 1. The number of rotatable bonds is 4. The number of aliphatic hydroxyl groups is 1. The largest absolute Gasteiger partial charge is 0.391 e. The number of hydrogen-bond donors (Lipinski definition) is 1. The quantitative estimate of drug-likeness (QED) is 0.776. The Balaban J connectivity index is 1.46. The first-order valence-corrected chi connectivity index (χ1v) is 8.64. The maximum atomic E-state index is 13.0. The highest BCUT2D eigenvalue weighted by Gasteiger charge is 2.19. The number of aliphatic hydroxyl groups excluding tert-OH is 1. The number of benzene rings is 1. The lowest BCUT2D eigenvalue weighted by Gasteiger charge is -2.30. The second-order valence-electron chi connectivity index (χ2n) is 6.47. The first-order valence-electron chi connectivity index (χ1n) is 8.64. The minimum atomic E-state index is -0.296. The Morgan fingerprint density at radius 2 is 2.04 bits per heavy atom. The fraction of sp³-hybridized carbons (Fsp3) is 0.316. The van der Waals surface area contributed by atoms with Gasteiger partial charge in [-0.1, -0.05) is 17.3 Å². The summed E-state index contributed by atoms with van der Waals surface area (Å²) in [6.07, 6.45) is 3.68. The topological polar surface area (TPSA) is 75.3 Å². The molecule has 2 aromatic heterocycles. The van der Waals surface area contributed by atoms with Gasteiger partial charge in [-0.25, -0.2) is 9.37 Å². The highest BCUT2D eigenvalue weighted by Crippen LogP contribution is 2.22. The third-order valence-corrected chi connectivity index (χ3v) is 4.46. The van der Waals surface area contributed by atoms with E-state index in [9.17, 15) is 9.50 Å². The van der Waals surface area contributed by atoms with Crippen LogP contribution in [0, 0.1) is 5.82 Å². The molecule has 4 rings (SSSR count). The average Bonchev–Trinajstić information content (AvgIpc) is 3.12. The van der Waals surface area contributed by atoms with Gasteiger partial charge in [0.05, 0.1) is 11.7 Å². The Morgan fingerprint density at radius 3 is 2.77 bits per heavy atom. The van der Waals surface area contributed by atoms with Crippen LogP contribution in [0.5, 0.6) is 0 Å². The Labute approximate surface area is 150 Å². The van der Waals surface area contributed by atoms with Gasteiger partial charge in [-0.3, -0.25) is 0 Å². The van der Waals surface area contributed by atoms with E-state index < -0.39 is 0 Å². The number of aromatic nitrogens is 3. The van der Waals surface area contributed by atoms with Crippen LogP contribution < -0.4 is 4.90 Å². The molecule has 0 saturated carbocycles. The predicted octanol–water partition coefficient (Wildman–Crippen LogP) is 2.82. The number of pyridine rings is 1. The van der Waals surface area contributed by atoms with Crippen LogP contribution in [-0.4, -0.2) is 39.4 Å². The van der Waals surface area contributed by atoms with Crippen molar-refractivity contribution in [2.24, 2.45) is 0 Å². The van der Waals surface area contributed by atoms with Crippen molar-refractivity contribution in [2.75, 3.05) is 18.0 Å². The molecule has 0 unspecified atom stereocenters. The van der Waals surface area contributed by atoms with E-state index in [1.165, 1.54) is 12.1 Å². The highest BCUT2D eigenvalue weighted by molar-refractivity contribution is 5.54. The van der Waals surface area contributed by atoms with E-state index in [2.05, 4.69) is 20.0 Å². The fourth-order valence-electron chi connectivity index (χ4n) is 3.09. The van der Waals surface area contributed by atoms with Crippen molar-refractivity contribution in [2.45, 2.75) is 25.4 Å². The second kappa shape index (κ2) is 7.21.